The molecule has 0 aromatic heterocycles. The molecule has 0 aliphatic rings. The van der Waals surface area contributed by atoms with E-state index in [4.69, 9.17) is 0 Å². The van der Waals surface area contributed by atoms with Crippen molar-refractivity contribution < 1.29 is 18.1 Å². The summed E-state index contributed by atoms with van der Waals surface area (Å²) in [5.41, 5.74) is 0.781. The van der Waals surface area contributed by atoms with Crippen molar-refractivity contribution in [1.82, 2.24) is 9.62 Å². The molecule has 144 valence electrons. The lowest BCUT2D eigenvalue weighted by atomic mass is 10.2. The summed E-state index contributed by atoms with van der Waals surface area (Å²) >= 11 is 0. The van der Waals surface area contributed by atoms with Crippen molar-refractivity contribution in [1.29, 1.82) is 0 Å². The highest BCUT2D eigenvalue weighted by Crippen LogP contribution is 2.15. The SMILES string of the molecule is CCN(CC)C(=O)c1ccc(S(=O)(=O)NCc2cccc([N+](=O)[O-])c2)cc1. The first-order chi connectivity index (χ1) is 12.8. The van der Waals surface area contributed by atoms with E-state index in [0.29, 0.717) is 24.2 Å². The summed E-state index contributed by atoms with van der Waals surface area (Å²) in [7, 11) is -3.81. The molecule has 0 radical (unpaired) electrons. The van der Waals surface area contributed by atoms with E-state index in [1.807, 2.05) is 13.8 Å². The van der Waals surface area contributed by atoms with Crippen LogP contribution in [0.5, 0.6) is 0 Å². The summed E-state index contributed by atoms with van der Waals surface area (Å²) in [5.74, 6) is -0.159. The highest BCUT2D eigenvalue weighted by Gasteiger charge is 2.17. The van der Waals surface area contributed by atoms with Gasteiger partial charge in [0.05, 0.1) is 9.82 Å². The molecule has 0 aliphatic carbocycles. The Bertz CT molecular complexity index is 922. The van der Waals surface area contributed by atoms with E-state index in [0.717, 1.165) is 0 Å². The third-order valence-electron chi connectivity index (χ3n) is 4.05. The van der Waals surface area contributed by atoms with Crippen LogP contribution in [0.4, 0.5) is 5.69 Å². The van der Waals surface area contributed by atoms with Crippen molar-refractivity contribution in [3.05, 3.63) is 69.8 Å². The normalized spacial score (nSPS) is 11.2. The highest BCUT2D eigenvalue weighted by molar-refractivity contribution is 7.89. The molecule has 2 rings (SSSR count). The predicted molar refractivity (Wildman–Crippen MR) is 101 cm³/mol. The number of carbonyl (C=O) groups excluding carboxylic acids is 1. The van der Waals surface area contributed by atoms with Gasteiger partial charge >= 0.3 is 0 Å². The molecule has 0 unspecified atom stereocenters. The van der Waals surface area contributed by atoms with Gasteiger partial charge in [0, 0.05) is 37.3 Å². The predicted octanol–water partition coefficient (Wildman–Crippen LogP) is 2.56. The molecule has 2 aromatic rings. The Labute approximate surface area is 158 Å². The molecule has 0 aliphatic heterocycles. The van der Waals surface area contributed by atoms with Crippen molar-refractivity contribution >= 4 is 21.6 Å². The number of nitro benzene ring substituents is 1. The second kappa shape index (κ2) is 8.74. The zero-order chi connectivity index (χ0) is 20.0. The van der Waals surface area contributed by atoms with Gasteiger partial charge in [0.25, 0.3) is 11.6 Å². The minimum Gasteiger partial charge on any atom is -0.339 e. The molecule has 0 saturated heterocycles. The minimum absolute atomic E-state index is 0.0176. The summed E-state index contributed by atoms with van der Waals surface area (Å²) in [5, 5.41) is 10.8. The topological polar surface area (TPSA) is 110 Å². The molecule has 1 amide bonds. The summed E-state index contributed by atoms with van der Waals surface area (Å²) in [6.45, 7) is 4.81. The van der Waals surface area contributed by atoms with Gasteiger partial charge in [0.2, 0.25) is 10.0 Å². The number of hydrogen-bond donors (Lipinski definition) is 1. The van der Waals surface area contributed by atoms with E-state index in [1.165, 1.54) is 42.5 Å². The Hall–Kier alpha value is -2.78. The zero-order valence-electron chi connectivity index (χ0n) is 15.1. The van der Waals surface area contributed by atoms with Crippen LogP contribution in [-0.2, 0) is 16.6 Å². The lowest BCUT2D eigenvalue weighted by Gasteiger charge is -2.18. The van der Waals surface area contributed by atoms with Gasteiger partial charge in [-0.1, -0.05) is 12.1 Å². The average molecular weight is 391 g/mol. The van der Waals surface area contributed by atoms with E-state index in [1.54, 1.807) is 11.0 Å². The zero-order valence-corrected chi connectivity index (χ0v) is 15.9. The summed E-state index contributed by atoms with van der Waals surface area (Å²) in [6, 6.07) is 11.4. The number of non-ortho nitro benzene ring substituents is 1. The molecule has 9 heteroatoms. The highest BCUT2D eigenvalue weighted by atomic mass is 32.2. The molecule has 2 aromatic carbocycles. The van der Waals surface area contributed by atoms with Gasteiger partial charge < -0.3 is 4.90 Å². The number of nitro groups is 1. The van der Waals surface area contributed by atoms with Crippen LogP contribution in [0.25, 0.3) is 0 Å². The number of hydrogen-bond acceptors (Lipinski definition) is 5. The fraction of sp³-hybridized carbons (Fsp3) is 0.278. The molecule has 0 spiro atoms. The third-order valence-corrected chi connectivity index (χ3v) is 5.47. The molecule has 0 bridgehead atoms. The van der Waals surface area contributed by atoms with Crippen molar-refractivity contribution in [2.75, 3.05) is 13.1 Å². The first-order valence-corrected chi connectivity index (χ1v) is 9.89. The first kappa shape index (κ1) is 20.5. The average Bonchev–Trinajstić information content (AvgIpc) is 2.67. The van der Waals surface area contributed by atoms with Gasteiger partial charge in [-0.3, -0.25) is 14.9 Å². The van der Waals surface area contributed by atoms with Crippen molar-refractivity contribution in [3.8, 4) is 0 Å². The summed E-state index contributed by atoms with van der Waals surface area (Å²) in [6.07, 6.45) is 0. The van der Waals surface area contributed by atoms with Gasteiger partial charge in [-0.05, 0) is 43.7 Å². The largest absolute Gasteiger partial charge is 0.339 e. The van der Waals surface area contributed by atoms with Crippen LogP contribution in [0.1, 0.15) is 29.8 Å². The van der Waals surface area contributed by atoms with Crippen LogP contribution in [0.2, 0.25) is 0 Å². The molecule has 0 heterocycles. The Kier molecular flexibility index (Phi) is 6.65. The maximum atomic E-state index is 12.4. The van der Waals surface area contributed by atoms with E-state index < -0.39 is 14.9 Å². The first-order valence-electron chi connectivity index (χ1n) is 8.40. The van der Waals surface area contributed by atoms with Crippen LogP contribution in [-0.4, -0.2) is 37.2 Å². The van der Waals surface area contributed by atoms with E-state index in [9.17, 15) is 23.3 Å². The Morgan fingerprint density at radius 3 is 2.30 bits per heavy atom. The minimum atomic E-state index is -3.81. The van der Waals surface area contributed by atoms with Crippen LogP contribution >= 0.6 is 0 Å². The van der Waals surface area contributed by atoms with Gasteiger partial charge in [-0.2, -0.15) is 0 Å². The number of rotatable bonds is 8. The number of nitrogens with zero attached hydrogens (tertiary/aromatic N) is 2. The number of sulfonamides is 1. The molecule has 0 saturated carbocycles. The standard InChI is InChI=1S/C18H21N3O5S/c1-3-20(4-2)18(22)15-8-10-17(11-9-15)27(25,26)19-13-14-6-5-7-16(12-14)21(23)24/h5-12,19H,3-4,13H2,1-2H3. The summed E-state index contributed by atoms with van der Waals surface area (Å²) < 4.78 is 27.2. The number of carbonyl (C=O) groups is 1. The second-order valence-corrected chi connectivity index (χ2v) is 7.52. The molecule has 0 atom stereocenters. The third kappa shape index (κ3) is 5.11. The second-order valence-electron chi connectivity index (χ2n) is 5.75. The van der Waals surface area contributed by atoms with Gasteiger partial charge in [0.15, 0.2) is 0 Å². The van der Waals surface area contributed by atoms with Crippen LogP contribution < -0.4 is 4.72 Å². The Balaban J connectivity index is 2.11. The molecule has 0 fully saturated rings. The number of benzene rings is 2. The van der Waals surface area contributed by atoms with E-state index >= 15 is 0 Å². The van der Waals surface area contributed by atoms with Gasteiger partial charge in [0.1, 0.15) is 0 Å². The van der Waals surface area contributed by atoms with Gasteiger partial charge in [-0.15, -0.1) is 0 Å². The van der Waals surface area contributed by atoms with Crippen LogP contribution in [0.3, 0.4) is 0 Å². The van der Waals surface area contributed by atoms with Crippen LogP contribution in [0, 0.1) is 10.1 Å². The number of amides is 1. The Morgan fingerprint density at radius 2 is 1.74 bits per heavy atom. The molecule has 1 N–H and O–H groups in total. The molecule has 8 nitrogen and oxygen atoms in total. The van der Waals surface area contributed by atoms with Crippen molar-refractivity contribution in [2.45, 2.75) is 25.3 Å². The van der Waals surface area contributed by atoms with Gasteiger partial charge in [-0.25, -0.2) is 13.1 Å². The quantitative estimate of drug-likeness (QED) is 0.549. The molecular weight excluding hydrogens is 370 g/mol. The fourth-order valence-electron chi connectivity index (χ4n) is 2.51. The van der Waals surface area contributed by atoms with Crippen LogP contribution in [0.15, 0.2) is 53.4 Å². The lowest BCUT2D eigenvalue weighted by molar-refractivity contribution is -0.384. The maximum absolute atomic E-state index is 12.4. The molecule has 27 heavy (non-hydrogen) atoms. The van der Waals surface area contributed by atoms with E-state index in [2.05, 4.69) is 4.72 Å². The van der Waals surface area contributed by atoms with E-state index in [-0.39, 0.29) is 23.0 Å². The fourth-order valence-corrected chi connectivity index (χ4v) is 3.53. The maximum Gasteiger partial charge on any atom is 0.269 e. The smallest absolute Gasteiger partial charge is 0.269 e. The molecular formula is C18H21N3O5S. The van der Waals surface area contributed by atoms with Crippen molar-refractivity contribution in [3.63, 3.8) is 0 Å². The number of nitrogens with one attached hydrogen (secondary N) is 1. The Morgan fingerprint density at radius 1 is 1.11 bits per heavy atom. The monoisotopic (exact) mass is 391 g/mol. The van der Waals surface area contributed by atoms with Crippen molar-refractivity contribution in [2.24, 2.45) is 0 Å². The lowest BCUT2D eigenvalue weighted by Crippen LogP contribution is -2.30. The summed E-state index contributed by atoms with van der Waals surface area (Å²) in [4.78, 5) is 24.2.